The number of hydrogen-bond acceptors (Lipinski definition) is 3. The normalized spacial score (nSPS) is 22.9. The molecule has 0 aromatic heterocycles. The Morgan fingerprint density at radius 2 is 2.29 bits per heavy atom. The van der Waals surface area contributed by atoms with Crippen LogP contribution in [0.25, 0.3) is 0 Å². The molecule has 0 bridgehead atoms. The number of nitrogens with zero attached hydrogens (tertiary/aromatic N) is 2. The highest BCUT2D eigenvalue weighted by Gasteiger charge is 2.31. The number of likely N-dealkylation sites (N-methyl/N-ethyl adjacent to an activating group) is 1. The van der Waals surface area contributed by atoms with Crippen LogP contribution < -0.4 is 5.73 Å². The summed E-state index contributed by atoms with van der Waals surface area (Å²) < 4.78 is 27.7. The highest BCUT2D eigenvalue weighted by Crippen LogP contribution is 2.20. The van der Waals surface area contributed by atoms with Gasteiger partial charge in [-0.2, -0.15) is 17.0 Å². The maximum absolute atomic E-state index is 12.3. The van der Waals surface area contributed by atoms with Crippen LogP contribution in [0.2, 0.25) is 0 Å². The van der Waals surface area contributed by atoms with Crippen molar-refractivity contribution < 1.29 is 8.42 Å². The summed E-state index contributed by atoms with van der Waals surface area (Å²) in [7, 11) is -3.34. The van der Waals surface area contributed by atoms with E-state index in [9.17, 15) is 8.42 Å². The van der Waals surface area contributed by atoms with Crippen LogP contribution in [0.15, 0.2) is 12.7 Å². The van der Waals surface area contributed by atoms with Crippen LogP contribution in [0.1, 0.15) is 19.8 Å². The summed E-state index contributed by atoms with van der Waals surface area (Å²) in [5.41, 5.74) is 5.62. The fourth-order valence-electron chi connectivity index (χ4n) is 2.12. The molecule has 1 atom stereocenters. The molecule has 100 valence electrons. The molecule has 1 fully saturated rings. The second-order valence-corrected chi connectivity index (χ2v) is 6.28. The molecule has 1 saturated heterocycles. The van der Waals surface area contributed by atoms with Crippen LogP contribution in [0, 0.1) is 5.92 Å². The molecule has 0 saturated carbocycles. The number of hydrogen-bond donors (Lipinski definition) is 1. The van der Waals surface area contributed by atoms with E-state index in [4.69, 9.17) is 5.73 Å². The predicted octanol–water partition coefficient (Wildman–Crippen LogP) is 0.410. The Morgan fingerprint density at radius 3 is 2.82 bits per heavy atom. The van der Waals surface area contributed by atoms with E-state index in [0.717, 1.165) is 12.8 Å². The van der Waals surface area contributed by atoms with Gasteiger partial charge in [-0.3, -0.25) is 0 Å². The summed E-state index contributed by atoms with van der Waals surface area (Å²) in [5.74, 6) is 0.293. The van der Waals surface area contributed by atoms with Gasteiger partial charge in [0, 0.05) is 26.2 Å². The molecule has 0 amide bonds. The van der Waals surface area contributed by atoms with Gasteiger partial charge in [-0.05, 0) is 25.3 Å². The van der Waals surface area contributed by atoms with Crippen LogP contribution in [-0.2, 0) is 10.2 Å². The van der Waals surface area contributed by atoms with E-state index in [1.54, 1.807) is 10.4 Å². The van der Waals surface area contributed by atoms with Crippen LogP contribution in [-0.4, -0.2) is 49.8 Å². The van der Waals surface area contributed by atoms with Crippen molar-refractivity contribution in [1.82, 2.24) is 8.61 Å². The summed E-state index contributed by atoms with van der Waals surface area (Å²) >= 11 is 0. The Morgan fingerprint density at radius 1 is 1.59 bits per heavy atom. The van der Waals surface area contributed by atoms with Crippen molar-refractivity contribution in [3.63, 3.8) is 0 Å². The summed E-state index contributed by atoms with van der Waals surface area (Å²) in [5, 5.41) is 0. The predicted molar refractivity (Wildman–Crippen MR) is 69.7 cm³/mol. The fraction of sp³-hybridized carbons (Fsp3) is 0.818. The molecule has 0 spiro atoms. The van der Waals surface area contributed by atoms with E-state index in [1.165, 1.54) is 4.31 Å². The third-order valence-electron chi connectivity index (χ3n) is 3.15. The minimum absolute atomic E-state index is 0.293. The van der Waals surface area contributed by atoms with E-state index in [2.05, 4.69) is 6.58 Å². The SMILES string of the molecule is C=CCN(CC)S(=O)(=O)N1CCCC(CN)C1. The lowest BCUT2D eigenvalue weighted by molar-refractivity contribution is 0.254. The zero-order chi connectivity index (χ0) is 12.9. The van der Waals surface area contributed by atoms with Gasteiger partial charge < -0.3 is 5.73 Å². The minimum Gasteiger partial charge on any atom is -0.330 e. The minimum atomic E-state index is -3.34. The lowest BCUT2D eigenvalue weighted by atomic mass is 10.0. The van der Waals surface area contributed by atoms with Gasteiger partial charge >= 0.3 is 0 Å². The monoisotopic (exact) mass is 261 g/mol. The third-order valence-corrected chi connectivity index (χ3v) is 5.20. The van der Waals surface area contributed by atoms with Gasteiger partial charge in [0.05, 0.1) is 0 Å². The van der Waals surface area contributed by atoms with Crippen LogP contribution in [0.3, 0.4) is 0 Å². The molecule has 6 heteroatoms. The van der Waals surface area contributed by atoms with Gasteiger partial charge in [0.25, 0.3) is 10.2 Å². The van der Waals surface area contributed by atoms with Crippen molar-refractivity contribution in [1.29, 1.82) is 0 Å². The maximum atomic E-state index is 12.3. The van der Waals surface area contributed by atoms with E-state index >= 15 is 0 Å². The lowest BCUT2D eigenvalue weighted by Crippen LogP contribution is -2.49. The first-order chi connectivity index (χ1) is 8.06. The summed E-state index contributed by atoms with van der Waals surface area (Å²) in [6.45, 7) is 7.97. The molecule has 0 aromatic carbocycles. The molecule has 0 aliphatic carbocycles. The second-order valence-electron chi connectivity index (χ2n) is 4.35. The first-order valence-electron chi connectivity index (χ1n) is 6.12. The van der Waals surface area contributed by atoms with Crippen molar-refractivity contribution in [3.05, 3.63) is 12.7 Å². The highest BCUT2D eigenvalue weighted by molar-refractivity contribution is 7.86. The average molecular weight is 261 g/mol. The smallest absolute Gasteiger partial charge is 0.282 e. The van der Waals surface area contributed by atoms with Gasteiger partial charge in [0.15, 0.2) is 0 Å². The lowest BCUT2D eigenvalue weighted by Gasteiger charge is -2.34. The zero-order valence-electron chi connectivity index (χ0n) is 10.5. The maximum Gasteiger partial charge on any atom is 0.282 e. The number of rotatable bonds is 6. The molecule has 1 aliphatic heterocycles. The van der Waals surface area contributed by atoms with Crippen molar-refractivity contribution in [2.45, 2.75) is 19.8 Å². The Bertz CT molecular complexity index is 343. The van der Waals surface area contributed by atoms with Gasteiger partial charge in [0.1, 0.15) is 0 Å². The zero-order valence-corrected chi connectivity index (χ0v) is 11.3. The summed E-state index contributed by atoms with van der Waals surface area (Å²) in [6, 6.07) is 0. The first-order valence-corrected chi connectivity index (χ1v) is 7.52. The van der Waals surface area contributed by atoms with Crippen molar-refractivity contribution in [2.24, 2.45) is 11.7 Å². The fourth-order valence-corrected chi connectivity index (χ4v) is 3.83. The topological polar surface area (TPSA) is 66.6 Å². The largest absolute Gasteiger partial charge is 0.330 e. The van der Waals surface area contributed by atoms with E-state index in [-0.39, 0.29) is 0 Å². The molecular weight excluding hydrogens is 238 g/mol. The molecule has 1 rings (SSSR count). The van der Waals surface area contributed by atoms with Crippen LogP contribution >= 0.6 is 0 Å². The molecule has 0 radical (unpaired) electrons. The standard InChI is InChI=1S/C11H23N3O2S/c1-3-7-13(4-2)17(15,16)14-8-5-6-11(9-12)10-14/h3,11H,1,4-10,12H2,2H3. The first kappa shape index (κ1) is 14.6. The van der Waals surface area contributed by atoms with Crippen molar-refractivity contribution >= 4 is 10.2 Å². The Labute approximate surface area is 104 Å². The van der Waals surface area contributed by atoms with E-state index in [0.29, 0.717) is 38.6 Å². The quantitative estimate of drug-likeness (QED) is 0.704. The molecular formula is C11H23N3O2S. The Balaban J connectivity index is 2.77. The van der Waals surface area contributed by atoms with Gasteiger partial charge in [0.2, 0.25) is 0 Å². The molecule has 1 aliphatic rings. The van der Waals surface area contributed by atoms with Crippen molar-refractivity contribution in [2.75, 3.05) is 32.7 Å². The number of piperidine rings is 1. The third kappa shape index (κ3) is 3.51. The van der Waals surface area contributed by atoms with Gasteiger partial charge in [-0.1, -0.05) is 13.0 Å². The molecule has 17 heavy (non-hydrogen) atoms. The van der Waals surface area contributed by atoms with Crippen molar-refractivity contribution in [3.8, 4) is 0 Å². The Hall–Kier alpha value is -0.430. The summed E-state index contributed by atoms with van der Waals surface area (Å²) in [4.78, 5) is 0. The molecule has 1 unspecified atom stereocenters. The molecule has 2 N–H and O–H groups in total. The van der Waals surface area contributed by atoms with E-state index in [1.807, 2.05) is 6.92 Å². The average Bonchev–Trinajstić information content (AvgIpc) is 2.35. The van der Waals surface area contributed by atoms with Crippen LogP contribution in [0.5, 0.6) is 0 Å². The van der Waals surface area contributed by atoms with Crippen LogP contribution in [0.4, 0.5) is 0 Å². The highest BCUT2D eigenvalue weighted by atomic mass is 32.2. The Kier molecular flexibility index (Phi) is 5.58. The summed E-state index contributed by atoms with van der Waals surface area (Å²) in [6.07, 6.45) is 3.54. The van der Waals surface area contributed by atoms with Gasteiger partial charge in [-0.15, -0.1) is 6.58 Å². The van der Waals surface area contributed by atoms with Gasteiger partial charge in [-0.25, -0.2) is 0 Å². The van der Waals surface area contributed by atoms with E-state index < -0.39 is 10.2 Å². The molecule has 5 nitrogen and oxygen atoms in total. The molecule has 0 aromatic rings. The molecule has 1 heterocycles. The number of nitrogens with two attached hydrogens (primary N) is 1. The second kappa shape index (κ2) is 6.49.